The number of likely N-dealkylation sites (tertiary alicyclic amines) is 1. The molecule has 0 aliphatic carbocycles. The van der Waals surface area contributed by atoms with Gasteiger partial charge in [0.2, 0.25) is 5.91 Å². The van der Waals surface area contributed by atoms with Crippen LogP contribution in [0.1, 0.15) is 52.4 Å². The lowest BCUT2D eigenvalue weighted by Gasteiger charge is -2.27. The molecule has 2 heterocycles. The molecule has 0 aromatic carbocycles. The minimum absolute atomic E-state index is 0.360. The van der Waals surface area contributed by atoms with Gasteiger partial charge in [-0.15, -0.1) is 0 Å². The highest BCUT2D eigenvalue weighted by Gasteiger charge is 2.35. The van der Waals surface area contributed by atoms with Crippen molar-refractivity contribution in [3.8, 4) is 0 Å². The van der Waals surface area contributed by atoms with Gasteiger partial charge in [0.1, 0.15) is 0 Å². The fraction of sp³-hybridized carbons (Fsp3) is 0.941. The van der Waals surface area contributed by atoms with E-state index in [9.17, 15) is 4.79 Å². The first-order valence-corrected chi connectivity index (χ1v) is 8.72. The SMILES string of the molecule is CC(C)C(CCN)CCC(=O)N1CCC2CCC(C1)N2C. The third kappa shape index (κ3) is 4.19. The summed E-state index contributed by atoms with van der Waals surface area (Å²) in [6.45, 7) is 7.10. The molecule has 4 heteroatoms. The Morgan fingerprint density at radius 2 is 1.90 bits per heavy atom. The molecule has 21 heavy (non-hydrogen) atoms. The maximum atomic E-state index is 12.5. The van der Waals surface area contributed by atoms with Crippen LogP contribution >= 0.6 is 0 Å². The Bertz CT molecular complexity index is 345. The average Bonchev–Trinajstić information content (AvgIpc) is 2.67. The fourth-order valence-corrected chi connectivity index (χ4v) is 4.03. The maximum Gasteiger partial charge on any atom is 0.222 e. The van der Waals surface area contributed by atoms with E-state index >= 15 is 0 Å². The van der Waals surface area contributed by atoms with Crippen molar-refractivity contribution in [1.82, 2.24) is 9.80 Å². The number of nitrogens with zero attached hydrogens (tertiary/aromatic N) is 2. The molecule has 2 aliphatic rings. The Hall–Kier alpha value is -0.610. The Kier molecular flexibility index (Phi) is 6.06. The van der Waals surface area contributed by atoms with Crippen LogP contribution < -0.4 is 5.73 Å². The third-order valence-corrected chi connectivity index (χ3v) is 5.71. The van der Waals surface area contributed by atoms with Gasteiger partial charge in [-0.1, -0.05) is 13.8 Å². The van der Waals surface area contributed by atoms with E-state index < -0.39 is 0 Å². The molecule has 0 radical (unpaired) electrons. The summed E-state index contributed by atoms with van der Waals surface area (Å²) < 4.78 is 0. The zero-order valence-corrected chi connectivity index (χ0v) is 14.1. The molecule has 3 unspecified atom stereocenters. The largest absolute Gasteiger partial charge is 0.341 e. The molecular formula is C17H33N3O. The maximum absolute atomic E-state index is 12.5. The van der Waals surface area contributed by atoms with E-state index in [1.165, 1.54) is 12.8 Å². The van der Waals surface area contributed by atoms with Gasteiger partial charge in [0.25, 0.3) is 0 Å². The third-order valence-electron chi connectivity index (χ3n) is 5.71. The van der Waals surface area contributed by atoms with Crippen molar-refractivity contribution in [2.24, 2.45) is 17.6 Å². The van der Waals surface area contributed by atoms with Gasteiger partial charge < -0.3 is 10.6 Å². The number of carbonyl (C=O) groups is 1. The summed E-state index contributed by atoms with van der Waals surface area (Å²) in [5, 5.41) is 0. The van der Waals surface area contributed by atoms with Gasteiger partial charge in [-0.25, -0.2) is 0 Å². The van der Waals surface area contributed by atoms with Crippen molar-refractivity contribution in [2.75, 3.05) is 26.7 Å². The molecule has 2 fully saturated rings. The van der Waals surface area contributed by atoms with Gasteiger partial charge in [-0.2, -0.15) is 0 Å². The van der Waals surface area contributed by atoms with E-state index in [1.807, 2.05) is 0 Å². The number of likely N-dealkylation sites (N-methyl/N-ethyl adjacent to an activating group) is 1. The second kappa shape index (κ2) is 7.59. The van der Waals surface area contributed by atoms with Gasteiger partial charge >= 0.3 is 0 Å². The molecule has 2 saturated heterocycles. The summed E-state index contributed by atoms with van der Waals surface area (Å²) in [7, 11) is 2.23. The van der Waals surface area contributed by atoms with Crippen LogP contribution in [0, 0.1) is 11.8 Å². The van der Waals surface area contributed by atoms with E-state index in [1.54, 1.807) is 0 Å². The first-order valence-electron chi connectivity index (χ1n) is 8.72. The van der Waals surface area contributed by atoms with Gasteiger partial charge in [0.15, 0.2) is 0 Å². The monoisotopic (exact) mass is 295 g/mol. The highest BCUT2D eigenvalue weighted by atomic mass is 16.2. The first-order chi connectivity index (χ1) is 10.0. The molecule has 0 spiro atoms. The molecule has 2 rings (SSSR count). The number of rotatable bonds is 6. The number of hydrogen-bond donors (Lipinski definition) is 1. The fourth-order valence-electron chi connectivity index (χ4n) is 4.03. The normalized spacial score (nSPS) is 28.0. The highest BCUT2D eigenvalue weighted by Crippen LogP contribution is 2.29. The summed E-state index contributed by atoms with van der Waals surface area (Å²) in [5.41, 5.74) is 5.69. The molecule has 0 aromatic heterocycles. The van der Waals surface area contributed by atoms with Crippen LogP contribution in [0.15, 0.2) is 0 Å². The lowest BCUT2D eigenvalue weighted by molar-refractivity contribution is -0.132. The van der Waals surface area contributed by atoms with E-state index in [-0.39, 0.29) is 0 Å². The molecule has 0 aromatic rings. The second-order valence-corrected chi connectivity index (χ2v) is 7.30. The topological polar surface area (TPSA) is 49.6 Å². The van der Waals surface area contributed by atoms with Crippen LogP contribution in [0.4, 0.5) is 0 Å². The van der Waals surface area contributed by atoms with Crippen molar-refractivity contribution < 1.29 is 4.79 Å². The van der Waals surface area contributed by atoms with Gasteiger partial charge in [-0.05, 0) is 57.5 Å². The lowest BCUT2D eigenvalue weighted by Crippen LogP contribution is -2.39. The van der Waals surface area contributed by atoms with Gasteiger partial charge in [0, 0.05) is 31.6 Å². The summed E-state index contributed by atoms with van der Waals surface area (Å²) in [4.78, 5) is 17.2. The van der Waals surface area contributed by atoms with Crippen LogP contribution in [-0.4, -0.2) is 54.5 Å². The van der Waals surface area contributed by atoms with Crippen molar-refractivity contribution >= 4 is 5.91 Å². The quantitative estimate of drug-likeness (QED) is 0.816. The molecular weight excluding hydrogens is 262 g/mol. The molecule has 122 valence electrons. The van der Waals surface area contributed by atoms with E-state index in [2.05, 4.69) is 30.7 Å². The van der Waals surface area contributed by atoms with Gasteiger partial charge in [-0.3, -0.25) is 9.69 Å². The number of hydrogen-bond acceptors (Lipinski definition) is 3. The second-order valence-electron chi connectivity index (χ2n) is 7.30. The summed E-state index contributed by atoms with van der Waals surface area (Å²) in [6.07, 6.45) is 6.45. The van der Waals surface area contributed by atoms with Crippen LogP contribution in [0.2, 0.25) is 0 Å². The molecule has 2 bridgehead atoms. The molecule has 0 saturated carbocycles. The number of fused-ring (bicyclic) bond motifs is 2. The Labute approximate surface area is 130 Å². The highest BCUT2D eigenvalue weighted by molar-refractivity contribution is 5.76. The number of carbonyl (C=O) groups excluding carboxylic acids is 1. The Balaban J connectivity index is 1.83. The Morgan fingerprint density at radius 3 is 2.57 bits per heavy atom. The van der Waals surface area contributed by atoms with E-state index in [0.29, 0.717) is 36.2 Å². The Morgan fingerprint density at radius 1 is 1.19 bits per heavy atom. The molecule has 1 amide bonds. The first kappa shape index (κ1) is 16.8. The van der Waals surface area contributed by atoms with Gasteiger partial charge in [0.05, 0.1) is 0 Å². The zero-order valence-electron chi connectivity index (χ0n) is 14.1. The standard InChI is InChI=1S/C17H33N3O/c1-13(2)14(8-10-18)4-7-17(21)20-11-9-15-5-6-16(12-20)19(15)3/h13-16H,4-12,18H2,1-3H3. The minimum Gasteiger partial charge on any atom is -0.341 e. The number of amides is 1. The molecule has 4 nitrogen and oxygen atoms in total. The lowest BCUT2D eigenvalue weighted by atomic mass is 9.88. The average molecular weight is 295 g/mol. The van der Waals surface area contributed by atoms with Crippen molar-refractivity contribution in [1.29, 1.82) is 0 Å². The predicted molar refractivity (Wildman–Crippen MR) is 87.0 cm³/mol. The van der Waals surface area contributed by atoms with Crippen LogP contribution in [0.5, 0.6) is 0 Å². The van der Waals surface area contributed by atoms with Crippen LogP contribution in [0.3, 0.4) is 0 Å². The predicted octanol–water partition coefficient (Wildman–Crippen LogP) is 2.08. The molecule has 2 N–H and O–H groups in total. The van der Waals surface area contributed by atoms with Crippen molar-refractivity contribution in [3.63, 3.8) is 0 Å². The van der Waals surface area contributed by atoms with E-state index in [4.69, 9.17) is 5.73 Å². The summed E-state index contributed by atoms with van der Waals surface area (Å²) in [6, 6.07) is 1.29. The van der Waals surface area contributed by atoms with Crippen molar-refractivity contribution in [3.05, 3.63) is 0 Å². The smallest absolute Gasteiger partial charge is 0.222 e. The summed E-state index contributed by atoms with van der Waals surface area (Å²) in [5.74, 6) is 1.57. The van der Waals surface area contributed by atoms with Crippen LogP contribution in [0.25, 0.3) is 0 Å². The van der Waals surface area contributed by atoms with Crippen molar-refractivity contribution in [2.45, 2.75) is 64.5 Å². The zero-order chi connectivity index (χ0) is 15.4. The summed E-state index contributed by atoms with van der Waals surface area (Å²) >= 11 is 0. The van der Waals surface area contributed by atoms with Crippen LogP contribution in [-0.2, 0) is 4.79 Å². The number of nitrogens with two attached hydrogens (primary N) is 1. The minimum atomic E-state index is 0.360. The van der Waals surface area contributed by atoms with E-state index in [0.717, 1.165) is 38.9 Å². The molecule has 3 atom stereocenters. The molecule has 2 aliphatic heterocycles.